The first kappa shape index (κ1) is 17.3. The number of halogens is 2. The summed E-state index contributed by atoms with van der Waals surface area (Å²) in [5.41, 5.74) is 5.63. The molecule has 2 amide bonds. The van der Waals surface area contributed by atoms with Crippen molar-refractivity contribution in [1.82, 2.24) is 9.80 Å². The van der Waals surface area contributed by atoms with E-state index in [1.807, 2.05) is 0 Å². The minimum absolute atomic E-state index is 0.0995. The number of piperidine rings is 1. The fourth-order valence-electron chi connectivity index (χ4n) is 2.76. The quantitative estimate of drug-likeness (QED) is 0.882. The molecule has 1 aromatic carbocycles. The Labute approximate surface area is 134 Å². The molecular weight excluding hydrogens is 304 g/mol. The molecule has 0 saturated carbocycles. The monoisotopic (exact) mass is 325 g/mol. The number of primary amides is 1. The summed E-state index contributed by atoms with van der Waals surface area (Å²) < 4.78 is 26.5. The van der Waals surface area contributed by atoms with E-state index in [2.05, 4.69) is 0 Å². The zero-order valence-electron chi connectivity index (χ0n) is 13.1. The van der Waals surface area contributed by atoms with Crippen LogP contribution in [0.4, 0.5) is 8.78 Å². The van der Waals surface area contributed by atoms with Gasteiger partial charge in [-0.2, -0.15) is 0 Å². The summed E-state index contributed by atoms with van der Waals surface area (Å²) in [4.78, 5) is 26.8. The van der Waals surface area contributed by atoms with Crippen molar-refractivity contribution in [2.45, 2.75) is 19.4 Å². The molecule has 1 heterocycles. The minimum Gasteiger partial charge on any atom is -0.369 e. The molecule has 1 atom stereocenters. The van der Waals surface area contributed by atoms with Gasteiger partial charge >= 0.3 is 0 Å². The first-order chi connectivity index (χ1) is 10.9. The maximum atomic E-state index is 13.6. The van der Waals surface area contributed by atoms with Crippen molar-refractivity contribution in [3.63, 3.8) is 0 Å². The van der Waals surface area contributed by atoms with Crippen molar-refractivity contribution in [1.29, 1.82) is 0 Å². The second-order valence-electron chi connectivity index (χ2n) is 5.99. The SMILES string of the molecule is CN(CC(=O)N1CCC[C@H](C(N)=O)C1)Cc1ccc(F)cc1F. The van der Waals surface area contributed by atoms with Crippen LogP contribution in [0.15, 0.2) is 18.2 Å². The highest BCUT2D eigenvalue weighted by Crippen LogP contribution is 2.17. The molecule has 5 nitrogen and oxygen atoms in total. The maximum Gasteiger partial charge on any atom is 0.236 e. The fourth-order valence-corrected chi connectivity index (χ4v) is 2.76. The molecule has 1 saturated heterocycles. The third-order valence-corrected chi connectivity index (χ3v) is 4.04. The van der Waals surface area contributed by atoms with E-state index in [4.69, 9.17) is 5.73 Å². The van der Waals surface area contributed by atoms with Gasteiger partial charge in [-0.1, -0.05) is 6.07 Å². The van der Waals surface area contributed by atoms with Gasteiger partial charge in [0.05, 0.1) is 12.5 Å². The highest BCUT2D eigenvalue weighted by molar-refractivity contribution is 5.81. The van der Waals surface area contributed by atoms with Gasteiger partial charge in [0.2, 0.25) is 11.8 Å². The van der Waals surface area contributed by atoms with Crippen molar-refractivity contribution in [3.8, 4) is 0 Å². The first-order valence-electron chi connectivity index (χ1n) is 7.56. The van der Waals surface area contributed by atoms with Crippen LogP contribution in [0.2, 0.25) is 0 Å². The third-order valence-electron chi connectivity index (χ3n) is 4.04. The molecule has 0 aliphatic carbocycles. The van der Waals surface area contributed by atoms with Crippen LogP contribution in [0.1, 0.15) is 18.4 Å². The number of likely N-dealkylation sites (tertiary alicyclic amines) is 1. The average Bonchev–Trinajstić information content (AvgIpc) is 2.50. The lowest BCUT2D eigenvalue weighted by atomic mass is 9.97. The number of nitrogens with zero attached hydrogens (tertiary/aromatic N) is 2. The number of likely N-dealkylation sites (N-methyl/N-ethyl adjacent to an activating group) is 1. The van der Waals surface area contributed by atoms with E-state index in [1.165, 1.54) is 12.1 Å². The van der Waals surface area contributed by atoms with Crippen LogP contribution in [-0.4, -0.2) is 48.3 Å². The van der Waals surface area contributed by atoms with Gasteiger partial charge in [0, 0.05) is 31.3 Å². The fraction of sp³-hybridized carbons (Fsp3) is 0.500. The van der Waals surface area contributed by atoms with Crippen LogP contribution >= 0.6 is 0 Å². The van der Waals surface area contributed by atoms with E-state index in [0.29, 0.717) is 25.1 Å². The number of rotatable bonds is 5. The van der Waals surface area contributed by atoms with Crippen LogP contribution in [0, 0.1) is 17.6 Å². The van der Waals surface area contributed by atoms with E-state index in [0.717, 1.165) is 12.5 Å². The molecule has 2 N–H and O–H groups in total. The molecular formula is C16H21F2N3O2. The van der Waals surface area contributed by atoms with Crippen LogP contribution in [0.5, 0.6) is 0 Å². The molecule has 0 spiro atoms. The highest BCUT2D eigenvalue weighted by atomic mass is 19.1. The van der Waals surface area contributed by atoms with E-state index in [1.54, 1.807) is 16.8 Å². The zero-order chi connectivity index (χ0) is 17.0. The topological polar surface area (TPSA) is 66.6 Å². The summed E-state index contributed by atoms with van der Waals surface area (Å²) in [7, 11) is 1.69. The molecule has 0 bridgehead atoms. The van der Waals surface area contributed by atoms with Gasteiger partial charge in [-0.25, -0.2) is 8.78 Å². The van der Waals surface area contributed by atoms with Gasteiger partial charge in [-0.3, -0.25) is 14.5 Å². The molecule has 0 aromatic heterocycles. The number of hydrogen-bond donors (Lipinski definition) is 1. The van der Waals surface area contributed by atoms with Crippen molar-refractivity contribution < 1.29 is 18.4 Å². The first-order valence-corrected chi connectivity index (χ1v) is 7.56. The molecule has 126 valence electrons. The van der Waals surface area contributed by atoms with Crippen LogP contribution < -0.4 is 5.73 Å². The molecule has 1 fully saturated rings. The number of benzene rings is 1. The number of nitrogens with two attached hydrogens (primary N) is 1. The standard InChI is InChI=1S/C16H21F2N3O2/c1-20(8-11-4-5-13(17)7-14(11)18)10-15(22)21-6-2-3-12(9-21)16(19)23/h4-5,7,12H,2-3,6,8-10H2,1H3,(H2,19,23)/t12-/m0/s1. The van der Waals surface area contributed by atoms with Gasteiger partial charge in [0.1, 0.15) is 11.6 Å². The highest BCUT2D eigenvalue weighted by Gasteiger charge is 2.27. The lowest BCUT2D eigenvalue weighted by Gasteiger charge is -2.32. The average molecular weight is 325 g/mol. The van der Waals surface area contributed by atoms with E-state index >= 15 is 0 Å². The Morgan fingerprint density at radius 1 is 1.39 bits per heavy atom. The molecule has 1 aromatic rings. The molecule has 1 aliphatic heterocycles. The van der Waals surface area contributed by atoms with Gasteiger partial charge in [0.15, 0.2) is 0 Å². The lowest BCUT2D eigenvalue weighted by molar-refractivity contribution is -0.135. The Morgan fingerprint density at radius 3 is 2.78 bits per heavy atom. The van der Waals surface area contributed by atoms with Crippen LogP contribution in [0.25, 0.3) is 0 Å². The molecule has 0 radical (unpaired) electrons. The number of carbonyl (C=O) groups excluding carboxylic acids is 2. The summed E-state index contributed by atoms with van der Waals surface area (Å²) in [5.74, 6) is -2.07. The zero-order valence-corrected chi connectivity index (χ0v) is 13.1. The van der Waals surface area contributed by atoms with Crippen LogP contribution in [0.3, 0.4) is 0 Å². The maximum absolute atomic E-state index is 13.6. The second kappa shape index (κ2) is 7.50. The number of carbonyl (C=O) groups is 2. The Bertz CT molecular complexity index is 595. The normalized spacial score (nSPS) is 18.3. The van der Waals surface area contributed by atoms with Crippen molar-refractivity contribution >= 4 is 11.8 Å². The number of hydrogen-bond acceptors (Lipinski definition) is 3. The van der Waals surface area contributed by atoms with Gasteiger partial charge in [0.25, 0.3) is 0 Å². The second-order valence-corrected chi connectivity index (χ2v) is 5.99. The Morgan fingerprint density at radius 2 is 2.13 bits per heavy atom. The molecule has 1 aliphatic rings. The molecule has 2 rings (SSSR count). The Hall–Kier alpha value is -2.02. The van der Waals surface area contributed by atoms with Gasteiger partial charge < -0.3 is 10.6 Å². The predicted octanol–water partition coefficient (Wildman–Crippen LogP) is 1.12. The lowest BCUT2D eigenvalue weighted by Crippen LogP contribution is -2.47. The Balaban J connectivity index is 1.90. The number of amides is 2. The third kappa shape index (κ3) is 4.72. The summed E-state index contributed by atoms with van der Waals surface area (Å²) in [6.45, 7) is 1.24. The van der Waals surface area contributed by atoms with Crippen molar-refractivity contribution in [2.75, 3.05) is 26.7 Å². The van der Waals surface area contributed by atoms with E-state index < -0.39 is 11.6 Å². The predicted molar refractivity (Wildman–Crippen MR) is 81.2 cm³/mol. The summed E-state index contributed by atoms with van der Waals surface area (Å²) in [6, 6.07) is 3.39. The molecule has 7 heteroatoms. The molecule has 23 heavy (non-hydrogen) atoms. The van der Waals surface area contributed by atoms with E-state index in [-0.39, 0.29) is 30.8 Å². The Kier molecular flexibility index (Phi) is 5.65. The van der Waals surface area contributed by atoms with Crippen LogP contribution in [-0.2, 0) is 16.1 Å². The molecule has 0 unspecified atom stereocenters. The largest absolute Gasteiger partial charge is 0.369 e. The van der Waals surface area contributed by atoms with Crippen molar-refractivity contribution in [3.05, 3.63) is 35.4 Å². The van der Waals surface area contributed by atoms with Crippen molar-refractivity contribution in [2.24, 2.45) is 11.7 Å². The summed E-state index contributed by atoms with van der Waals surface area (Å²) in [5, 5.41) is 0. The van der Waals surface area contributed by atoms with Gasteiger partial charge in [-0.15, -0.1) is 0 Å². The summed E-state index contributed by atoms with van der Waals surface area (Å²) >= 11 is 0. The smallest absolute Gasteiger partial charge is 0.236 e. The van der Waals surface area contributed by atoms with Gasteiger partial charge in [-0.05, 0) is 26.0 Å². The van der Waals surface area contributed by atoms with E-state index in [9.17, 15) is 18.4 Å². The summed E-state index contributed by atoms with van der Waals surface area (Å²) in [6.07, 6.45) is 1.45. The minimum atomic E-state index is -0.629.